The molecule has 1 rings (SSSR count). The van der Waals surface area contributed by atoms with Gasteiger partial charge in [-0.25, -0.2) is 4.39 Å². The van der Waals surface area contributed by atoms with Crippen molar-refractivity contribution in [2.24, 2.45) is 0 Å². The lowest BCUT2D eigenvalue weighted by molar-refractivity contribution is 0.616. The van der Waals surface area contributed by atoms with Crippen molar-refractivity contribution < 1.29 is 4.39 Å². The molecule has 0 aromatic carbocycles. The lowest BCUT2D eigenvalue weighted by Gasteiger charge is -1.97. The zero-order chi connectivity index (χ0) is 10.4. The fourth-order valence-electron chi connectivity index (χ4n) is 1.10. The second-order valence-corrected chi connectivity index (χ2v) is 3.11. The van der Waals surface area contributed by atoms with E-state index in [0.717, 1.165) is 18.7 Å². The van der Waals surface area contributed by atoms with Crippen LogP contribution in [-0.2, 0) is 0 Å². The number of hydrogen-bond donors (Lipinski definition) is 1. The van der Waals surface area contributed by atoms with Crippen LogP contribution in [0.2, 0.25) is 0 Å². The van der Waals surface area contributed by atoms with E-state index < -0.39 is 0 Å². The fourth-order valence-corrected chi connectivity index (χ4v) is 1.10. The highest BCUT2D eigenvalue weighted by Crippen LogP contribution is 2.07. The maximum absolute atomic E-state index is 13.1. The van der Waals surface area contributed by atoms with Crippen molar-refractivity contribution >= 4 is 6.08 Å². The highest BCUT2D eigenvalue weighted by atomic mass is 19.1. The molecule has 0 aliphatic carbocycles. The third kappa shape index (κ3) is 3.26. The molecule has 14 heavy (non-hydrogen) atoms. The quantitative estimate of drug-likeness (QED) is 0.743. The molecular formula is C11H15FN2. The Hall–Kier alpha value is -1.22. The predicted molar refractivity (Wildman–Crippen MR) is 56.5 cm³/mol. The van der Waals surface area contributed by atoms with Crippen LogP contribution in [0.1, 0.15) is 17.8 Å². The number of rotatable bonds is 4. The van der Waals surface area contributed by atoms with Crippen molar-refractivity contribution in [2.75, 3.05) is 13.6 Å². The van der Waals surface area contributed by atoms with Crippen LogP contribution in [0.15, 0.2) is 18.2 Å². The summed E-state index contributed by atoms with van der Waals surface area (Å²) in [7, 11) is 1.89. The Labute approximate surface area is 83.9 Å². The Morgan fingerprint density at radius 2 is 2.29 bits per heavy atom. The van der Waals surface area contributed by atoms with Gasteiger partial charge >= 0.3 is 0 Å². The molecule has 0 radical (unpaired) electrons. The number of nitrogens with zero attached hydrogens (tertiary/aromatic N) is 1. The molecule has 1 aromatic heterocycles. The van der Waals surface area contributed by atoms with E-state index in [1.54, 1.807) is 12.1 Å². The molecular weight excluding hydrogens is 179 g/mol. The van der Waals surface area contributed by atoms with Gasteiger partial charge in [-0.15, -0.1) is 0 Å². The van der Waals surface area contributed by atoms with Gasteiger partial charge in [-0.3, -0.25) is 4.98 Å². The zero-order valence-corrected chi connectivity index (χ0v) is 8.55. The Kier molecular flexibility index (Phi) is 4.26. The topological polar surface area (TPSA) is 24.9 Å². The molecule has 0 aliphatic heterocycles. The smallest absolute Gasteiger partial charge is 0.148 e. The lowest BCUT2D eigenvalue weighted by atomic mass is 10.2. The van der Waals surface area contributed by atoms with Gasteiger partial charge in [-0.2, -0.15) is 0 Å². The lowest BCUT2D eigenvalue weighted by Crippen LogP contribution is -2.05. The van der Waals surface area contributed by atoms with E-state index in [0.29, 0.717) is 5.69 Å². The molecule has 76 valence electrons. The molecule has 1 aromatic rings. The standard InChI is InChI=1S/C11H15FN2/c1-9-6-7-10(12)11(14-9)5-3-4-8-13-2/h3,5-7,13H,4,8H2,1-2H3. The summed E-state index contributed by atoms with van der Waals surface area (Å²) in [5.74, 6) is -0.267. The molecule has 0 unspecified atom stereocenters. The van der Waals surface area contributed by atoms with Gasteiger partial charge in [0.25, 0.3) is 0 Å². The molecule has 0 atom stereocenters. The first-order chi connectivity index (χ1) is 6.74. The average molecular weight is 194 g/mol. The predicted octanol–water partition coefficient (Wildman–Crippen LogP) is 2.15. The molecule has 0 aliphatic rings. The van der Waals surface area contributed by atoms with Crippen molar-refractivity contribution in [3.05, 3.63) is 35.4 Å². The summed E-state index contributed by atoms with van der Waals surface area (Å²) in [6, 6.07) is 3.11. The number of aromatic nitrogens is 1. The summed E-state index contributed by atoms with van der Waals surface area (Å²) in [6.45, 7) is 2.74. The summed E-state index contributed by atoms with van der Waals surface area (Å²) in [6.07, 6.45) is 4.52. The molecule has 0 spiro atoms. The first-order valence-electron chi connectivity index (χ1n) is 4.68. The molecule has 3 heteroatoms. The van der Waals surface area contributed by atoms with Crippen LogP contribution >= 0.6 is 0 Å². The summed E-state index contributed by atoms with van der Waals surface area (Å²) in [4.78, 5) is 4.09. The van der Waals surface area contributed by atoms with E-state index in [-0.39, 0.29) is 5.82 Å². The molecule has 0 fully saturated rings. The Morgan fingerprint density at radius 3 is 3.00 bits per heavy atom. The minimum absolute atomic E-state index is 0.267. The Morgan fingerprint density at radius 1 is 1.50 bits per heavy atom. The van der Waals surface area contributed by atoms with Crippen LogP contribution in [0, 0.1) is 12.7 Å². The van der Waals surface area contributed by atoms with Gasteiger partial charge < -0.3 is 5.32 Å². The Balaban J connectivity index is 2.65. The van der Waals surface area contributed by atoms with Crippen molar-refractivity contribution in [2.45, 2.75) is 13.3 Å². The van der Waals surface area contributed by atoms with E-state index in [9.17, 15) is 4.39 Å². The van der Waals surface area contributed by atoms with Crippen LogP contribution < -0.4 is 5.32 Å². The molecule has 1 N–H and O–H groups in total. The van der Waals surface area contributed by atoms with Gasteiger partial charge in [0.05, 0.1) is 5.69 Å². The van der Waals surface area contributed by atoms with Gasteiger partial charge in [-0.1, -0.05) is 6.08 Å². The van der Waals surface area contributed by atoms with E-state index in [2.05, 4.69) is 10.3 Å². The number of hydrogen-bond acceptors (Lipinski definition) is 2. The van der Waals surface area contributed by atoms with Crippen LogP contribution in [0.5, 0.6) is 0 Å². The van der Waals surface area contributed by atoms with E-state index in [1.807, 2.05) is 20.0 Å². The summed E-state index contributed by atoms with van der Waals surface area (Å²) in [5, 5.41) is 3.01. The average Bonchev–Trinajstić information content (AvgIpc) is 2.18. The summed E-state index contributed by atoms with van der Waals surface area (Å²) in [5.41, 5.74) is 1.25. The van der Waals surface area contributed by atoms with Gasteiger partial charge in [-0.05, 0) is 45.1 Å². The van der Waals surface area contributed by atoms with Crippen molar-refractivity contribution in [3.63, 3.8) is 0 Å². The maximum Gasteiger partial charge on any atom is 0.148 e. The van der Waals surface area contributed by atoms with Gasteiger partial charge in [0, 0.05) is 5.69 Å². The molecule has 0 saturated heterocycles. The first-order valence-corrected chi connectivity index (χ1v) is 4.68. The third-order valence-corrected chi connectivity index (χ3v) is 1.85. The van der Waals surface area contributed by atoms with Crippen LogP contribution in [0.4, 0.5) is 4.39 Å². The van der Waals surface area contributed by atoms with Crippen molar-refractivity contribution in [1.29, 1.82) is 0 Å². The minimum Gasteiger partial charge on any atom is -0.319 e. The summed E-state index contributed by atoms with van der Waals surface area (Å²) < 4.78 is 13.1. The van der Waals surface area contributed by atoms with Crippen molar-refractivity contribution in [3.8, 4) is 0 Å². The second-order valence-electron chi connectivity index (χ2n) is 3.11. The number of nitrogens with one attached hydrogen (secondary N) is 1. The third-order valence-electron chi connectivity index (χ3n) is 1.85. The fraction of sp³-hybridized carbons (Fsp3) is 0.364. The van der Waals surface area contributed by atoms with Crippen molar-refractivity contribution in [1.82, 2.24) is 10.3 Å². The van der Waals surface area contributed by atoms with Gasteiger partial charge in [0.1, 0.15) is 5.82 Å². The summed E-state index contributed by atoms with van der Waals surface area (Å²) >= 11 is 0. The van der Waals surface area contributed by atoms with E-state index in [4.69, 9.17) is 0 Å². The van der Waals surface area contributed by atoms with Crippen LogP contribution in [0.25, 0.3) is 6.08 Å². The zero-order valence-electron chi connectivity index (χ0n) is 8.55. The number of pyridine rings is 1. The molecule has 0 saturated carbocycles. The van der Waals surface area contributed by atoms with E-state index in [1.165, 1.54) is 6.07 Å². The highest BCUT2D eigenvalue weighted by molar-refractivity contribution is 5.45. The monoisotopic (exact) mass is 194 g/mol. The second kappa shape index (κ2) is 5.50. The maximum atomic E-state index is 13.1. The van der Waals surface area contributed by atoms with Crippen LogP contribution in [-0.4, -0.2) is 18.6 Å². The number of halogens is 1. The van der Waals surface area contributed by atoms with Crippen LogP contribution in [0.3, 0.4) is 0 Å². The molecule has 2 nitrogen and oxygen atoms in total. The normalized spacial score (nSPS) is 11.1. The minimum atomic E-state index is -0.267. The molecule has 0 amide bonds. The van der Waals surface area contributed by atoms with E-state index >= 15 is 0 Å². The first kappa shape index (κ1) is 10.9. The Bertz CT molecular complexity index is 321. The molecule has 1 heterocycles. The molecule has 0 bridgehead atoms. The highest BCUT2D eigenvalue weighted by Gasteiger charge is 1.98. The SMILES string of the molecule is CNCCC=Cc1nc(C)ccc1F. The van der Waals surface area contributed by atoms with Gasteiger partial charge in [0.2, 0.25) is 0 Å². The number of aryl methyl sites for hydroxylation is 1. The van der Waals surface area contributed by atoms with Gasteiger partial charge in [0.15, 0.2) is 0 Å². The largest absolute Gasteiger partial charge is 0.319 e.